The van der Waals surface area contributed by atoms with Gasteiger partial charge in [-0.05, 0) is 82.2 Å². The highest BCUT2D eigenvalue weighted by atomic mass is 14.7. The van der Waals surface area contributed by atoms with Crippen LogP contribution in [0.25, 0.3) is 86.7 Å². The second kappa shape index (κ2) is 5.70. The molecule has 1 heteroatoms. The largest absolute Gasteiger partial charge is 0.256 e. The van der Waals surface area contributed by atoms with Gasteiger partial charge in [0.1, 0.15) is 0 Å². The van der Waals surface area contributed by atoms with Crippen molar-refractivity contribution in [2.24, 2.45) is 0 Å². The van der Waals surface area contributed by atoms with Crippen molar-refractivity contribution in [2.75, 3.05) is 0 Å². The molecule has 0 aliphatic rings. The Morgan fingerprint density at radius 1 is 0.382 bits per heavy atom. The van der Waals surface area contributed by atoms with Crippen molar-refractivity contribution < 1.29 is 0 Å². The lowest BCUT2D eigenvalue weighted by Crippen LogP contribution is -1.95. The first-order valence-electron chi connectivity index (χ1n) is 11.8. The van der Waals surface area contributed by atoms with Crippen molar-refractivity contribution >= 4 is 75.4 Å². The van der Waals surface area contributed by atoms with Crippen LogP contribution in [0.5, 0.6) is 0 Å². The number of rotatable bonds is 1. The average molecular weight is 428 g/mol. The minimum Gasteiger partial charge on any atom is -0.256 e. The Balaban J connectivity index is 1.63. The zero-order chi connectivity index (χ0) is 22.0. The standard InChI is InChI=1S/C33H17N/c1-2-4-24-18(3-1)15-16-34-33(24)26-17-23-12-11-21-8-6-19-5-7-20-9-10-22-13-14-25(26)32-30(22)28(20)27(19)29(21)31(23)32/h1-17H. The lowest BCUT2D eigenvalue weighted by Gasteiger charge is -2.22. The number of hydrogen-bond acceptors (Lipinski definition) is 1. The summed E-state index contributed by atoms with van der Waals surface area (Å²) in [6.45, 7) is 0. The van der Waals surface area contributed by atoms with E-state index in [1.807, 2.05) is 6.20 Å². The quantitative estimate of drug-likeness (QED) is 0.188. The van der Waals surface area contributed by atoms with Crippen molar-refractivity contribution in [3.05, 3.63) is 103 Å². The van der Waals surface area contributed by atoms with Gasteiger partial charge in [-0.15, -0.1) is 0 Å². The van der Waals surface area contributed by atoms with Crippen LogP contribution in [-0.4, -0.2) is 4.98 Å². The fourth-order valence-corrected chi connectivity index (χ4v) is 6.52. The van der Waals surface area contributed by atoms with Crippen LogP contribution < -0.4 is 0 Å². The summed E-state index contributed by atoms with van der Waals surface area (Å²) in [5.74, 6) is 0. The minimum atomic E-state index is 1.06. The maximum atomic E-state index is 4.92. The van der Waals surface area contributed by atoms with Gasteiger partial charge in [0, 0.05) is 17.1 Å². The van der Waals surface area contributed by atoms with Crippen molar-refractivity contribution in [1.29, 1.82) is 0 Å². The van der Waals surface area contributed by atoms with Crippen LogP contribution in [0.4, 0.5) is 0 Å². The molecule has 1 aromatic heterocycles. The molecule has 0 unspecified atom stereocenters. The van der Waals surface area contributed by atoms with Gasteiger partial charge >= 0.3 is 0 Å². The zero-order valence-corrected chi connectivity index (χ0v) is 18.3. The van der Waals surface area contributed by atoms with Crippen LogP contribution in [0.2, 0.25) is 0 Å². The fraction of sp³-hybridized carbons (Fsp3) is 0. The molecule has 0 aliphatic carbocycles. The normalized spacial score (nSPS) is 12.7. The molecular formula is C33H17N. The van der Waals surface area contributed by atoms with Crippen LogP contribution in [0.3, 0.4) is 0 Å². The highest BCUT2D eigenvalue weighted by Gasteiger charge is 2.22. The Morgan fingerprint density at radius 3 is 1.59 bits per heavy atom. The number of fused-ring (bicyclic) bond motifs is 1. The highest BCUT2D eigenvalue weighted by Crippen LogP contribution is 2.50. The molecule has 0 N–H and O–H groups in total. The van der Waals surface area contributed by atoms with Gasteiger partial charge < -0.3 is 0 Å². The Labute approximate surface area is 194 Å². The van der Waals surface area contributed by atoms with Crippen molar-refractivity contribution in [3.63, 3.8) is 0 Å². The smallest absolute Gasteiger partial charge is 0.0786 e. The first-order valence-corrected chi connectivity index (χ1v) is 11.8. The molecule has 1 nitrogen and oxygen atoms in total. The SMILES string of the molecule is c1ccc2c(-c3cc4ccc5ccc6ccc7ccc8ccc3c3c8c7c6c5c43)nccc2c1. The van der Waals surface area contributed by atoms with Crippen LogP contribution in [0.1, 0.15) is 0 Å². The molecule has 0 atom stereocenters. The lowest BCUT2D eigenvalue weighted by atomic mass is 9.81. The van der Waals surface area contributed by atoms with E-state index in [1.165, 1.54) is 81.0 Å². The summed E-state index contributed by atoms with van der Waals surface area (Å²) in [4.78, 5) is 4.92. The number of benzene rings is 8. The summed E-state index contributed by atoms with van der Waals surface area (Å²) in [6.07, 6.45) is 1.94. The van der Waals surface area contributed by atoms with Crippen molar-refractivity contribution in [1.82, 2.24) is 4.98 Å². The molecular weight excluding hydrogens is 410 g/mol. The van der Waals surface area contributed by atoms with Crippen LogP contribution >= 0.6 is 0 Å². The molecule has 0 saturated carbocycles. The van der Waals surface area contributed by atoms with Gasteiger partial charge in [0.25, 0.3) is 0 Å². The van der Waals surface area contributed by atoms with Crippen LogP contribution in [-0.2, 0) is 0 Å². The molecule has 0 aliphatic heterocycles. The molecule has 9 rings (SSSR count). The summed E-state index contributed by atoms with van der Waals surface area (Å²) < 4.78 is 0. The molecule has 34 heavy (non-hydrogen) atoms. The number of aromatic nitrogens is 1. The van der Waals surface area contributed by atoms with E-state index in [0.29, 0.717) is 0 Å². The maximum absolute atomic E-state index is 4.92. The van der Waals surface area contributed by atoms with Gasteiger partial charge in [0.05, 0.1) is 5.69 Å². The second-order valence-corrected chi connectivity index (χ2v) is 9.55. The summed E-state index contributed by atoms with van der Waals surface area (Å²) in [6, 6.07) is 35.9. The maximum Gasteiger partial charge on any atom is 0.0786 e. The van der Waals surface area contributed by atoms with E-state index >= 15 is 0 Å². The van der Waals surface area contributed by atoms with Gasteiger partial charge in [-0.3, -0.25) is 4.98 Å². The monoisotopic (exact) mass is 427 g/mol. The number of pyridine rings is 1. The van der Waals surface area contributed by atoms with Gasteiger partial charge in [0.15, 0.2) is 0 Å². The second-order valence-electron chi connectivity index (χ2n) is 9.55. The van der Waals surface area contributed by atoms with Gasteiger partial charge in [-0.2, -0.15) is 0 Å². The molecule has 0 amide bonds. The fourth-order valence-electron chi connectivity index (χ4n) is 6.52. The Morgan fingerprint density at radius 2 is 0.912 bits per heavy atom. The zero-order valence-electron chi connectivity index (χ0n) is 18.3. The van der Waals surface area contributed by atoms with Crippen molar-refractivity contribution in [3.8, 4) is 11.3 Å². The number of nitrogens with zero attached hydrogens (tertiary/aromatic N) is 1. The Kier molecular flexibility index (Phi) is 2.86. The predicted octanol–water partition coefficient (Wildman–Crippen LogP) is 9.13. The molecule has 0 radical (unpaired) electrons. The molecule has 0 saturated heterocycles. The minimum absolute atomic E-state index is 1.06. The Bertz CT molecular complexity index is 2160. The van der Waals surface area contributed by atoms with E-state index in [4.69, 9.17) is 4.98 Å². The van der Waals surface area contributed by atoms with Gasteiger partial charge in [-0.1, -0.05) is 84.9 Å². The van der Waals surface area contributed by atoms with E-state index in [0.717, 1.165) is 5.69 Å². The van der Waals surface area contributed by atoms with E-state index in [9.17, 15) is 0 Å². The number of hydrogen-bond donors (Lipinski definition) is 0. The molecule has 8 aromatic carbocycles. The summed E-state index contributed by atoms with van der Waals surface area (Å²) in [5, 5.41) is 18.6. The van der Waals surface area contributed by atoms with Gasteiger partial charge in [0.2, 0.25) is 0 Å². The Hall–Kier alpha value is -4.49. The molecule has 154 valence electrons. The molecule has 0 spiro atoms. The first-order chi connectivity index (χ1) is 16.9. The van der Waals surface area contributed by atoms with Crippen molar-refractivity contribution in [2.45, 2.75) is 0 Å². The summed E-state index contributed by atoms with van der Waals surface area (Å²) in [5.41, 5.74) is 2.27. The average Bonchev–Trinajstić information content (AvgIpc) is 2.90. The van der Waals surface area contributed by atoms with E-state index in [2.05, 4.69) is 97.1 Å². The third-order valence-electron chi connectivity index (χ3n) is 7.93. The van der Waals surface area contributed by atoms with E-state index < -0.39 is 0 Å². The van der Waals surface area contributed by atoms with Crippen LogP contribution in [0.15, 0.2) is 103 Å². The van der Waals surface area contributed by atoms with Gasteiger partial charge in [-0.25, -0.2) is 0 Å². The molecule has 9 aromatic rings. The van der Waals surface area contributed by atoms with Crippen LogP contribution in [0, 0.1) is 0 Å². The summed E-state index contributed by atoms with van der Waals surface area (Å²) in [7, 11) is 0. The highest BCUT2D eigenvalue weighted by molar-refractivity contribution is 6.45. The third-order valence-corrected chi connectivity index (χ3v) is 7.93. The molecule has 0 fully saturated rings. The third kappa shape index (κ3) is 1.88. The lowest BCUT2D eigenvalue weighted by molar-refractivity contribution is 1.37. The first kappa shape index (κ1) is 17.0. The summed E-state index contributed by atoms with van der Waals surface area (Å²) >= 11 is 0. The topological polar surface area (TPSA) is 12.9 Å². The predicted molar refractivity (Wildman–Crippen MR) is 146 cm³/mol. The van der Waals surface area contributed by atoms with E-state index in [1.54, 1.807) is 0 Å². The molecule has 0 bridgehead atoms. The van der Waals surface area contributed by atoms with E-state index in [-0.39, 0.29) is 0 Å². The molecule has 1 heterocycles.